The van der Waals surface area contributed by atoms with Crippen LogP contribution in [0.15, 0.2) is 24.3 Å². The van der Waals surface area contributed by atoms with Crippen LogP contribution in [0, 0.1) is 5.82 Å². The molecule has 0 aliphatic rings. The van der Waals surface area contributed by atoms with Gasteiger partial charge in [-0.25, -0.2) is 4.39 Å². The Labute approximate surface area is 118 Å². The lowest BCUT2D eigenvalue weighted by Gasteiger charge is -2.14. The van der Waals surface area contributed by atoms with Crippen LogP contribution in [0.5, 0.6) is 5.75 Å². The molecule has 0 spiro atoms. The molecule has 0 saturated carbocycles. The van der Waals surface area contributed by atoms with Crippen LogP contribution in [0.4, 0.5) is 4.39 Å². The van der Waals surface area contributed by atoms with E-state index in [-0.39, 0.29) is 17.6 Å². The van der Waals surface area contributed by atoms with Gasteiger partial charge >= 0.3 is 0 Å². The molecule has 0 fully saturated rings. The van der Waals surface area contributed by atoms with Gasteiger partial charge in [0.15, 0.2) is 17.3 Å². The number of rotatable bonds is 7. The number of benzene rings is 1. The molecule has 104 valence electrons. The molecule has 0 amide bonds. The summed E-state index contributed by atoms with van der Waals surface area (Å²) in [6, 6.07) is 4.50. The first-order chi connectivity index (χ1) is 9.06. The Hall–Kier alpha value is -1.33. The van der Waals surface area contributed by atoms with Gasteiger partial charge in [-0.15, -0.1) is 0 Å². The zero-order valence-corrected chi connectivity index (χ0v) is 11.9. The highest BCUT2D eigenvalue weighted by atomic mass is 32.1. The minimum Gasteiger partial charge on any atom is -0.486 e. The maximum Gasteiger partial charge on any atom is 0.165 e. The Bertz CT molecular complexity index is 463. The summed E-state index contributed by atoms with van der Waals surface area (Å²) >= 11 is 3.87. The number of thiol groups is 1. The first-order valence-corrected chi connectivity index (χ1v) is 6.55. The molecule has 0 heterocycles. The highest BCUT2D eigenvalue weighted by Gasteiger charge is 2.08. The van der Waals surface area contributed by atoms with Crippen molar-refractivity contribution in [1.29, 1.82) is 0 Å². The molecule has 0 saturated heterocycles. The summed E-state index contributed by atoms with van der Waals surface area (Å²) in [5.41, 5.74) is 0.726. The van der Waals surface area contributed by atoms with Gasteiger partial charge < -0.3 is 4.74 Å². The normalized spacial score (nSPS) is 12.6. The van der Waals surface area contributed by atoms with E-state index in [0.717, 1.165) is 5.56 Å². The summed E-state index contributed by atoms with van der Waals surface area (Å²) < 4.78 is 21.7. The Kier molecular flexibility index (Phi) is 6.59. The van der Waals surface area contributed by atoms with E-state index < -0.39 is 5.82 Å². The van der Waals surface area contributed by atoms with E-state index in [1.807, 2.05) is 6.92 Å². The number of carbonyl (C=O) groups is 1. The third-order valence-corrected chi connectivity index (χ3v) is 2.65. The molecule has 0 unspecified atom stereocenters. The van der Waals surface area contributed by atoms with E-state index in [1.54, 1.807) is 25.1 Å². The molecule has 1 aromatic rings. The van der Waals surface area contributed by atoms with Crippen LogP contribution >= 0.6 is 12.8 Å². The summed E-state index contributed by atoms with van der Waals surface area (Å²) in [4.78, 5) is 11.2. The Morgan fingerprint density at radius 2 is 2.32 bits per heavy atom. The summed E-state index contributed by atoms with van der Waals surface area (Å²) in [6.07, 6.45) is 3.38. The predicted octanol–water partition coefficient (Wildman–Crippen LogP) is 3.02. The third kappa shape index (κ3) is 5.44. The Morgan fingerprint density at radius 3 is 2.95 bits per heavy atom. The molecule has 0 aliphatic carbocycles. The van der Waals surface area contributed by atoms with Gasteiger partial charge in [-0.2, -0.15) is 0 Å². The lowest BCUT2D eigenvalue weighted by molar-refractivity contribution is -0.114. The number of hydrogen-bond acceptors (Lipinski definition) is 4. The van der Waals surface area contributed by atoms with Crippen molar-refractivity contribution in [2.24, 2.45) is 0 Å². The Balaban J connectivity index is 2.82. The number of carbonyl (C=O) groups excluding carboxylic acids is 1. The van der Waals surface area contributed by atoms with Crippen molar-refractivity contribution in [2.45, 2.75) is 26.4 Å². The SMILES string of the molecule is CCC(=O)/C=C/c1ccc(F)c(O[C@@H](C)CNS)c1. The van der Waals surface area contributed by atoms with Crippen molar-refractivity contribution < 1.29 is 13.9 Å². The molecule has 1 aromatic carbocycles. The molecule has 1 rings (SSSR count). The standard InChI is InChI=1S/C14H18FNO2S/c1-3-12(17)6-4-11-5-7-13(15)14(8-11)18-10(2)9-16-19/h4-8,10,16,19H,3,9H2,1-2H3/b6-4+/t10-/m0/s1. The lowest BCUT2D eigenvalue weighted by atomic mass is 10.1. The third-order valence-electron chi connectivity index (χ3n) is 2.47. The van der Waals surface area contributed by atoms with Crippen LogP contribution in [0.3, 0.4) is 0 Å². The van der Waals surface area contributed by atoms with Gasteiger partial charge in [0, 0.05) is 13.0 Å². The number of hydrogen-bond donors (Lipinski definition) is 2. The fourth-order valence-electron chi connectivity index (χ4n) is 1.41. The number of allylic oxidation sites excluding steroid dienone is 1. The molecule has 19 heavy (non-hydrogen) atoms. The first-order valence-electron chi connectivity index (χ1n) is 6.11. The average Bonchev–Trinajstić information content (AvgIpc) is 2.39. The first kappa shape index (κ1) is 15.7. The molecular weight excluding hydrogens is 265 g/mol. The van der Waals surface area contributed by atoms with Gasteiger partial charge in [0.2, 0.25) is 0 Å². The van der Waals surface area contributed by atoms with Gasteiger partial charge in [0.05, 0.1) is 0 Å². The largest absolute Gasteiger partial charge is 0.486 e. The van der Waals surface area contributed by atoms with Gasteiger partial charge in [0.1, 0.15) is 6.10 Å². The molecular formula is C14H18FNO2S. The molecule has 0 bridgehead atoms. The van der Waals surface area contributed by atoms with Crippen LogP contribution in [0.1, 0.15) is 25.8 Å². The number of nitrogens with one attached hydrogen (secondary N) is 1. The van der Waals surface area contributed by atoms with E-state index >= 15 is 0 Å². The van der Waals surface area contributed by atoms with E-state index in [0.29, 0.717) is 13.0 Å². The fraction of sp³-hybridized carbons (Fsp3) is 0.357. The minimum absolute atomic E-state index is 0.0273. The number of ketones is 1. The second kappa shape index (κ2) is 7.96. The highest BCUT2D eigenvalue weighted by molar-refractivity contribution is 7.78. The zero-order valence-electron chi connectivity index (χ0n) is 11.0. The van der Waals surface area contributed by atoms with Gasteiger partial charge in [-0.3, -0.25) is 9.52 Å². The molecule has 0 aliphatic heterocycles. The van der Waals surface area contributed by atoms with Crippen molar-refractivity contribution in [2.75, 3.05) is 6.54 Å². The molecule has 0 aromatic heterocycles. The summed E-state index contributed by atoms with van der Waals surface area (Å²) in [5.74, 6) is -0.230. The second-order valence-corrected chi connectivity index (χ2v) is 4.45. The molecule has 0 radical (unpaired) electrons. The summed E-state index contributed by atoms with van der Waals surface area (Å²) in [6.45, 7) is 4.10. The van der Waals surface area contributed by atoms with Crippen molar-refractivity contribution in [3.63, 3.8) is 0 Å². The van der Waals surface area contributed by atoms with E-state index in [9.17, 15) is 9.18 Å². The van der Waals surface area contributed by atoms with Crippen molar-refractivity contribution in [3.05, 3.63) is 35.7 Å². The van der Waals surface area contributed by atoms with Crippen molar-refractivity contribution in [3.8, 4) is 5.75 Å². The highest BCUT2D eigenvalue weighted by Crippen LogP contribution is 2.21. The van der Waals surface area contributed by atoms with Crippen LogP contribution in [0.2, 0.25) is 0 Å². The van der Waals surface area contributed by atoms with E-state index in [2.05, 4.69) is 17.5 Å². The van der Waals surface area contributed by atoms with Gasteiger partial charge in [0.25, 0.3) is 0 Å². The van der Waals surface area contributed by atoms with Gasteiger partial charge in [-0.05, 0) is 30.7 Å². The quantitative estimate of drug-likeness (QED) is 0.597. The van der Waals surface area contributed by atoms with Crippen molar-refractivity contribution >= 4 is 24.7 Å². The minimum atomic E-state index is -0.426. The average molecular weight is 283 g/mol. The molecule has 5 heteroatoms. The zero-order chi connectivity index (χ0) is 14.3. The lowest BCUT2D eigenvalue weighted by Crippen LogP contribution is -2.23. The maximum absolute atomic E-state index is 13.6. The topological polar surface area (TPSA) is 38.3 Å². The Morgan fingerprint density at radius 1 is 1.58 bits per heavy atom. The van der Waals surface area contributed by atoms with Crippen LogP contribution in [0.25, 0.3) is 6.08 Å². The summed E-state index contributed by atoms with van der Waals surface area (Å²) in [5, 5.41) is 0. The van der Waals surface area contributed by atoms with E-state index in [1.165, 1.54) is 12.1 Å². The molecule has 1 atom stereocenters. The summed E-state index contributed by atoms with van der Waals surface area (Å²) in [7, 11) is 0. The number of halogens is 1. The predicted molar refractivity (Wildman–Crippen MR) is 77.8 cm³/mol. The monoisotopic (exact) mass is 283 g/mol. The fourth-order valence-corrected chi connectivity index (χ4v) is 1.67. The number of ether oxygens (including phenoxy) is 1. The van der Waals surface area contributed by atoms with Crippen LogP contribution in [-0.4, -0.2) is 18.4 Å². The van der Waals surface area contributed by atoms with E-state index in [4.69, 9.17) is 4.74 Å². The smallest absolute Gasteiger partial charge is 0.165 e. The van der Waals surface area contributed by atoms with Crippen LogP contribution in [-0.2, 0) is 4.79 Å². The maximum atomic E-state index is 13.6. The van der Waals surface area contributed by atoms with Crippen LogP contribution < -0.4 is 9.46 Å². The van der Waals surface area contributed by atoms with Crippen molar-refractivity contribution in [1.82, 2.24) is 4.72 Å². The second-order valence-electron chi connectivity index (χ2n) is 4.13. The molecule has 1 N–H and O–H groups in total. The van der Waals surface area contributed by atoms with Gasteiger partial charge in [-0.1, -0.05) is 31.9 Å². The molecule has 3 nitrogen and oxygen atoms in total.